The highest BCUT2D eigenvalue weighted by Crippen LogP contribution is 2.19. The second-order valence-corrected chi connectivity index (χ2v) is 8.38. The summed E-state index contributed by atoms with van der Waals surface area (Å²) >= 11 is 0. The summed E-state index contributed by atoms with van der Waals surface area (Å²) in [6.45, 7) is 10.3. The molecular formula is C23H37NO7. The maximum atomic E-state index is 12.4. The number of hydrogen-bond acceptors (Lipinski definition) is 6. The lowest BCUT2D eigenvalue weighted by atomic mass is 9.92. The highest BCUT2D eigenvalue weighted by atomic mass is 16.6. The first-order chi connectivity index (χ1) is 14.7. The van der Waals surface area contributed by atoms with Crippen LogP contribution in [0, 0.1) is 5.41 Å². The number of ether oxygens (including phenoxy) is 4. The molecule has 0 saturated carbocycles. The van der Waals surface area contributed by atoms with Gasteiger partial charge in [-0.05, 0) is 36.5 Å². The highest BCUT2D eigenvalue weighted by molar-refractivity contribution is 5.72. The fraction of sp³-hybridized carbons (Fsp3) is 0.652. The van der Waals surface area contributed by atoms with Gasteiger partial charge in [-0.15, -0.1) is 0 Å². The fourth-order valence-electron chi connectivity index (χ4n) is 2.70. The zero-order valence-electron chi connectivity index (χ0n) is 19.4. The summed E-state index contributed by atoms with van der Waals surface area (Å²) in [7, 11) is 1.56. The Bertz CT molecular complexity index is 655. The van der Waals surface area contributed by atoms with Gasteiger partial charge >= 0.3 is 12.1 Å². The summed E-state index contributed by atoms with van der Waals surface area (Å²) in [6.07, 6.45) is -0.114. The van der Waals surface area contributed by atoms with Crippen LogP contribution in [0.25, 0.3) is 0 Å². The normalized spacial score (nSPS) is 12.3. The number of nitrogens with zero attached hydrogens (tertiary/aromatic N) is 1. The summed E-state index contributed by atoms with van der Waals surface area (Å²) < 4.78 is 21.2. The van der Waals surface area contributed by atoms with E-state index in [1.54, 1.807) is 31.1 Å². The standard InChI is InChI=1S/C23H37NO7/c1-6-29-20(21(25)26)17-18-7-9-19(10-8-18)30-14-13-24(12-11-23(2,3)4)22(27)31-16-15-28-5/h7-10,20H,6,11-17H2,1-5H3,(H,25,26). The lowest BCUT2D eigenvalue weighted by molar-refractivity contribution is -0.149. The Hall–Kier alpha value is -2.32. The molecule has 0 aliphatic carbocycles. The molecule has 0 aromatic heterocycles. The van der Waals surface area contributed by atoms with Gasteiger partial charge in [0.2, 0.25) is 0 Å². The number of carbonyl (C=O) groups is 2. The average molecular weight is 440 g/mol. The third-order valence-corrected chi connectivity index (χ3v) is 4.52. The number of hydrogen-bond donors (Lipinski definition) is 1. The van der Waals surface area contributed by atoms with E-state index in [-0.39, 0.29) is 24.5 Å². The molecular weight excluding hydrogens is 402 g/mol. The summed E-state index contributed by atoms with van der Waals surface area (Å²) in [4.78, 5) is 25.2. The molecule has 0 aliphatic rings. The monoisotopic (exact) mass is 439 g/mol. The molecule has 31 heavy (non-hydrogen) atoms. The van der Waals surface area contributed by atoms with E-state index in [0.29, 0.717) is 38.7 Å². The number of carbonyl (C=O) groups excluding carboxylic acids is 1. The van der Waals surface area contributed by atoms with Gasteiger partial charge in [-0.3, -0.25) is 0 Å². The van der Waals surface area contributed by atoms with Crippen LogP contribution in [0.15, 0.2) is 24.3 Å². The molecule has 0 radical (unpaired) electrons. The molecule has 1 aromatic rings. The van der Waals surface area contributed by atoms with E-state index >= 15 is 0 Å². The summed E-state index contributed by atoms with van der Waals surface area (Å²) in [6, 6.07) is 7.22. The minimum Gasteiger partial charge on any atom is -0.492 e. The number of carboxylic acids is 1. The van der Waals surface area contributed by atoms with Gasteiger partial charge in [0.25, 0.3) is 0 Å². The quantitative estimate of drug-likeness (QED) is 0.442. The molecule has 1 rings (SSSR count). The fourth-order valence-corrected chi connectivity index (χ4v) is 2.70. The topological polar surface area (TPSA) is 94.5 Å². The number of amides is 1. The number of methoxy groups -OCH3 is 1. The van der Waals surface area contributed by atoms with Gasteiger partial charge in [0.15, 0.2) is 6.10 Å². The maximum Gasteiger partial charge on any atom is 0.409 e. The number of benzene rings is 1. The molecule has 1 amide bonds. The minimum atomic E-state index is -0.977. The van der Waals surface area contributed by atoms with Crippen molar-refractivity contribution in [1.82, 2.24) is 4.90 Å². The van der Waals surface area contributed by atoms with Crippen molar-refractivity contribution in [2.24, 2.45) is 5.41 Å². The summed E-state index contributed by atoms with van der Waals surface area (Å²) in [5, 5.41) is 9.20. The molecule has 0 saturated heterocycles. The molecule has 0 spiro atoms. The SMILES string of the molecule is CCOC(Cc1ccc(OCCN(CCC(C)(C)C)C(=O)OCCOC)cc1)C(=O)O. The first-order valence-corrected chi connectivity index (χ1v) is 10.6. The van der Waals surface area contributed by atoms with E-state index in [2.05, 4.69) is 20.8 Å². The van der Waals surface area contributed by atoms with Crippen molar-refractivity contribution in [1.29, 1.82) is 0 Å². The van der Waals surface area contributed by atoms with Crippen LogP contribution >= 0.6 is 0 Å². The largest absolute Gasteiger partial charge is 0.492 e. The van der Waals surface area contributed by atoms with E-state index in [0.717, 1.165) is 12.0 Å². The Morgan fingerprint density at radius 2 is 1.74 bits per heavy atom. The lowest BCUT2D eigenvalue weighted by Crippen LogP contribution is -2.37. The van der Waals surface area contributed by atoms with Crippen molar-refractivity contribution in [3.05, 3.63) is 29.8 Å². The molecule has 1 N–H and O–H groups in total. The second kappa shape index (κ2) is 13.9. The first-order valence-electron chi connectivity index (χ1n) is 10.6. The van der Waals surface area contributed by atoms with E-state index in [4.69, 9.17) is 18.9 Å². The Morgan fingerprint density at radius 1 is 1.06 bits per heavy atom. The number of carboxylic acid groups (broad SMARTS) is 1. The summed E-state index contributed by atoms with van der Waals surface area (Å²) in [5.41, 5.74) is 0.943. The molecule has 0 fully saturated rings. The molecule has 0 heterocycles. The van der Waals surface area contributed by atoms with Crippen molar-refractivity contribution in [2.45, 2.75) is 46.6 Å². The van der Waals surface area contributed by atoms with Crippen LogP contribution in [0.4, 0.5) is 4.79 Å². The molecule has 176 valence electrons. The molecule has 8 nitrogen and oxygen atoms in total. The van der Waals surface area contributed by atoms with Crippen molar-refractivity contribution >= 4 is 12.1 Å². The van der Waals surface area contributed by atoms with E-state index < -0.39 is 12.1 Å². The van der Waals surface area contributed by atoms with Gasteiger partial charge in [0.05, 0.1) is 13.2 Å². The van der Waals surface area contributed by atoms with Crippen LogP contribution in [0.3, 0.4) is 0 Å². The van der Waals surface area contributed by atoms with Crippen LogP contribution in [-0.2, 0) is 25.4 Å². The zero-order chi connectivity index (χ0) is 23.3. The second-order valence-electron chi connectivity index (χ2n) is 8.38. The smallest absolute Gasteiger partial charge is 0.409 e. The van der Waals surface area contributed by atoms with E-state index in [9.17, 15) is 14.7 Å². The average Bonchev–Trinajstić information content (AvgIpc) is 2.70. The Balaban J connectivity index is 2.58. The maximum absolute atomic E-state index is 12.4. The molecule has 0 aliphatic heterocycles. The number of rotatable bonds is 14. The van der Waals surface area contributed by atoms with Crippen LogP contribution in [0.5, 0.6) is 5.75 Å². The summed E-state index contributed by atoms with van der Waals surface area (Å²) in [5.74, 6) is -0.328. The molecule has 0 bridgehead atoms. The Kier molecular flexibility index (Phi) is 12.0. The Labute approximate surface area is 185 Å². The van der Waals surface area contributed by atoms with Crippen LogP contribution in [0.2, 0.25) is 0 Å². The lowest BCUT2D eigenvalue weighted by Gasteiger charge is -2.26. The van der Waals surface area contributed by atoms with Crippen molar-refractivity contribution < 1.29 is 33.6 Å². The van der Waals surface area contributed by atoms with Gasteiger partial charge in [0.1, 0.15) is 19.0 Å². The molecule has 1 atom stereocenters. The van der Waals surface area contributed by atoms with Crippen LogP contribution < -0.4 is 4.74 Å². The van der Waals surface area contributed by atoms with Crippen molar-refractivity contribution in [2.75, 3.05) is 46.6 Å². The van der Waals surface area contributed by atoms with Crippen LogP contribution in [0.1, 0.15) is 39.7 Å². The minimum absolute atomic E-state index is 0.0943. The van der Waals surface area contributed by atoms with E-state index in [1.165, 1.54) is 0 Å². The molecule has 1 unspecified atom stereocenters. The van der Waals surface area contributed by atoms with Gasteiger partial charge < -0.3 is 29.0 Å². The third-order valence-electron chi connectivity index (χ3n) is 4.52. The predicted octanol–water partition coefficient (Wildman–Crippen LogP) is 3.62. The van der Waals surface area contributed by atoms with Gasteiger partial charge in [-0.2, -0.15) is 0 Å². The third kappa shape index (κ3) is 11.6. The van der Waals surface area contributed by atoms with Crippen molar-refractivity contribution in [3.63, 3.8) is 0 Å². The highest BCUT2D eigenvalue weighted by Gasteiger charge is 2.20. The first kappa shape index (κ1) is 26.7. The predicted molar refractivity (Wildman–Crippen MR) is 118 cm³/mol. The Morgan fingerprint density at radius 3 is 2.29 bits per heavy atom. The van der Waals surface area contributed by atoms with Gasteiger partial charge in [-0.1, -0.05) is 32.9 Å². The zero-order valence-corrected chi connectivity index (χ0v) is 19.4. The van der Waals surface area contributed by atoms with Gasteiger partial charge in [-0.25, -0.2) is 9.59 Å². The molecule has 8 heteroatoms. The van der Waals surface area contributed by atoms with Crippen molar-refractivity contribution in [3.8, 4) is 5.75 Å². The van der Waals surface area contributed by atoms with Gasteiger partial charge in [0, 0.05) is 26.7 Å². The molecule has 1 aromatic carbocycles. The van der Waals surface area contributed by atoms with E-state index in [1.807, 2.05) is 12.1 Å². The van der Waals surface area contributed by atoms with Crippen LogP contribution in [-0.4, -0.2) is 74.8 Å². The number of aliphatic carboxylic acids is 1.